The van der Waals surface area contributed by atoms with Crippen molar-refractivity contribution in [3.63, 3.8) is 0 Å². The van der Waals surface area contributed by atoms with Gasteiger partial charge in [0.2, 0.25) is 11.8 Å². The number of nitrogens with one attached hydrogen (secondary N) is 1. The number of piperidine rings is 1. The summed E-state index contributed by atoms with van der Waals surface area (Å²) < 4.78 is 0. The van der Waals surface area contributed by atoms with Gasteiger partial charge in [-0.15, -0.1) is 11.6 Å². The van der Waals surface area contributed by atoms with Crippen LogP contribution >= 0.6 is 11.6 Å². The zero-order chi connectivity index (χ0) is 15.8. The second kappa shape index (κ2) is 8.79. The molecule has 4 nitrogen and oxygen atoms in total. The monoisotopic (exact) mass is 322 g/mol. The lowest BCUT2D eigenvalue weighted by atomic mass is 10.0. The molecule has 1 saturated heterocycles. The molecule has 1 fully saturated rings. The number of likely N-dealkylation sites (tertiary alicyclic amines) is 1. The molecule has 0 spiro atoms. The summed E-state index contributed by atoms with van der Waals surface area (Å²) in [4.78, 5) is 25.8. The van der Waals surface area contributed by atoms with Gasteiger partial charge in [-0.2, -0.15) is 0 Å². The third-order valence-electron chi connectivity index (χ3n) is 3.94. The number of halogens is 1. The summed E-state index contributed by atoms with van der Waals surface area (Å²) in [6.07, 6.45) is 3.32. The van der Waals surface area contributed by atoms with Crippen molar-refractivity contribution in [2.45, 2.75) is 38.1 Å². The maximum atomic E-state index is 12.0. The molecule has 0 aliphatic carbocycles. The molecule has 0 unspecified atom stereocenters. The number of hydrogen-bond donors (Lipinski definition) is 1. The van der Waals surface area contributed by atoms with Gasteiger partial charge in [-0.1, -0.05) is 30.3 Å². The highest BCUT2D eigenvalue weighted by molar-refractivity contribution is 6.17. The van der Waals surface area contributed by atoms with Crippen molar-refractivity contribution in [2.24, 2.45) is 0 Å². The van der Waals surface area contributed by atoms with Crippen LogP contribution in [0.3, 0.4) is 0 Å². The molecule has 1 aromatic carbocycles. The molecule has 120 valence electrons. The zero-order valence-corrected chi connectivity index (χ0v) is 13.5. The highest BCUT2D eigenvalue weighted by atomic mass is 35.5. The predicted octanol–water partition coefficient (Wildman–Crippen LogP) is 2.36. The summed E-state index contributed by atoms with van der Waals surface area (Å²) in [6.45, 7) is 1.44. The summed E-state index contributed by atoms with van der Waals surface area (Å²) in [5.74, 6) is 0.755. The predicted molar refractivity (Wildman–Crippen MR) is 87.8 cm³/mol. The Morgan fingerprint density at radius 1 is 1.18 bits per heavy atom. The largest absolute Gasteiger partial charge is 0.353 e. The number of rotatable bonds is 6. The van der Waals surface area contributed by atoms with Crippen molar-refractivity contribution in [1.29, 1.82) is 0 Å². The van der Waals surface area contributed by atoms with Crippen LogP contribution in [-0.4, -0.2) is 41.7 Å². The third-order valence-corrected chi connectivity index (χ3v) is 4.21. The van der Waals surface area contributed by atoms with Gasteiger partial charge in [0.1, 0.15) is 0 Å². The fourth-order valence-electron chi connectivity index (χ4n) is 2.71. The molecule has 0 atom stereocenters. The highest BCUT2D eigenvalue weighted by Crippen LogP contribution is 2.12. The summed E-state index contributed by atoms with van der Waals surface area (Å²) in [6, 6.07) is 9.91. The van der Waals surface area contributed by atoms with Crippen LogP contribution in [0, 0.1) is 0 Å². The van der Waals surface area contributed by atoms with E-state index in [0.29, 0.717) is 18.7 Å². The number of alkyl halides is 1. The molecule has 0 aromatic heterocycles. The van der Waals surface area contributed by atoms with E-state index in [1.807, 2.05) is 35.2 Å². The number of hydrogen-bond acceptors (Lipinski definition) is 2. The normalized spacial score (nSPS) is 15.6. The van der Waals surface area contributed by atoms with Gasteiger partial charge in [0.25, 0.3) is 0 Å². The van der Waals surface area contributed by atoms with E-state index in [-0.39, 0.29) is 17.9 Å². The molecular formula is C17H23ClN2O2. The van der Waals surface area contributed by atoms with Crippen LogP contribution in [0.15, 0.2) is 30.3 Å². The Bertz CT molecular complexity index is 485. The van der Waals surface area contributed by atoms with Crippen molar-refractivity contribution in [3.05, 3.63) is 35.9 Å². The molecule has 2 amide bonds. The van der Waals surface area contributed by atoms with Crippen molar-refractivity contribution < 1.29 is 9.59 Å². The molecule has 1 aliphatic rings. The van der Waals surface area contributed by atoms with Crippen LogP contribution in [0.4, 0.5) is 0 Å². The van der Waals surface area contributed by atoms with E-state index in [9.17, 15) is 9.59 Å². The first-order valence-corrected chi connectivity index (χ1v) is 8.39. The number of carbonyl (C=O) groups excluding carboxylic acids is 2. The molecule has 0 radical (unpaired) electrons. The van der Waals surface area contributed by atoms with Crippen molar-refractivity contribution in [2.75, 3.05) is 19.0 Å². The molecule has 1 aromatic rings. The second-order valence-electron chi connectivity index (χ2n) is 5.68. The topological polar surface area (TPSA) is 49.4 Å². The molecule has 1 aliphatic heterocycles. The minimum atomic E-state index is 0.0538. The number of nitrogens with zero attached hydrogens (tertiary/aromatic N) is 1. The third kappa shape index (κ3) is 5.34. The average Bonchev–Trinajstić information content (AvgIpc) is 2.54. The van der Waals surface area contributed by atoms with Crippen LogP contribution in [0.25, 0.3) is 0 Å². The Hall–Kier alpha value is -1.55. The van der Waals surface area contributed by atoms with Crippen LogP contribution in [-0.2, 0) is 16.0 Å². The molecule has 2 rings (SSSR count). The summed E-state index contributed by atoms with van der Waals surface area (Å²) >= 11 is 5.61. The number of carbonyl (C=O) groups is 2. The molecule has 0 bridgehead atoms. The minimum absolute atomic E-state index is 0.0538. The first-order valence-electron chi connectivity index (χ1n) is 7.86. The fraction of sp³-hybridized carbons (Fsp3) is 0.529. The van der Waals surface area contributed by atoms with Gasteiger partial charge in [0.15, 0.2) is 0 Å². The Labute approximate surface area is 136 Å². The van der Waals surface area contributed by atoms with Crippen LogP contribution in [0.1, 0.15) is 31.2 Å². The first kappa shape index (κ1) is 16.8. The average molecular weight is 323 g/mol. The van der Waals surface area contributed by atoms with Crippen molar-refractivity contribution in [1.82, 2.24) is 10.2 Å². The summed E-state index contributed by atoms with van der Waals surface area (Å²) in [5.41, 5.74) is 1.02. The zero-order valence-electron chi connectivity index (χ0n) is 12.8. The summed E-state index contributed by atoms with van der Waals surface area (Å²) in [7, 11) is 0. The highest BCUT2D eigenvalue weighted by Gasteiger charge is 2.23. The van der Waals surface area contributed by atoms with Crippen LogP contribution in [0.5, 0.6) is 0 Å². The first-order chi connectivity index (χ1) is 10.7. The molecular weight excluding hydrogens is 300 g/mol. The lowest BCUT2D eigenvalue weighted by molar-refractivity contribution is -0.132. The smallest absolute Gasteiger partial charge is 0.224 e. The second-order valence-corrected chi connectivity index (χ2v) is 6.06. The number of benzene rings is 1. The van der Waals surface area contributed by atoms with Crippen molar-refractivity contribution in [3.8, 4) is 0 Å². The van der Waals surface area contributed by atoms with Gasteiger partial charge in [0, 0.05) is 31.4 Å². The molecule has 22 heavy (non-hydrogen) atoms. The minimum Gasteiger partial charge on any atom is -0.353 e. The van der Waals surface area contributed by atoms with Gasteiger partial charge < -0.3 is 10.2 Å². The van der Waals surface area contributed by atoms with E-state index < -0.39 is 0 Å². The van der Waals surface area contributed by atoms with Gasteiger partial charge >= 0.3 is 0 Å². The molecule has 5 heteroatoms. The Balaban J connectivity index is 1.71. The Morgan fingerprint density at radius 3 is 2.50 bits per heavy atom. The lowest BCUT2D eigenvalue weighted by Gasteiger charge is -2.32. The summed E-state index contributed by atoms with van der Waals surface area (Å²) in [5, 5.41) is 3.07. The Morgan fingerprint density at radius 2 is 1.86 bits per heavy atom. The molecule has 0 saturated carbocycles. The maximum absolute atomic E-state index is 12.0. The molecule has 1 N–H and O–H groups in total. The quantitative estimate of drug-likeness (QED) is 0.817. The van der Waals surface area contributed by atoms with E-state index in [2.05, 4.69) is 5.32 Å². The number of amides is 2. The van der Waals surface area contributed by atoms with Crippen LogP contribution < -0.4 is 5.32 Å². The lowest BCUT2D eigenvalue weighted by Crippen LogP contribution is -2.46. The van der Waals surface area contributed by atoms with E-state index >= 15 is 0 Å². The van der Waals surface area contributed by atoms with E-state index in [4.69, 9.17) is 11.6 Å². The maximum Gasteiger partial charge on any atom is 0.224 e. The SMILES string of the molecule is O=C(Cc1ccccc1)NC1CCN(C(=O)CCCCl)CC1. The fourth-order valence-corrected chi connectivity index (χ4v) is 2.84. The Kier molecular flexibility index (Phi) is 6.72. The molecule has 1 heterocycles. The van der Waals surface area contributed by atoms with Gasteiger partial charge in [-0.3, -0.25) is 9.59 Å². The standard InChI is InChI=1S/C17H23ClN2O2/c18-10-4-7-17(22)20-11-8-15(9-12-20)19-16(21)13-14-5-2-1-3-6-14/h1-3,5-6,15H,4,7-13H2,(H,19,21). The van der Waals surface area contributed by atoms with Crippen LogP contribution in [0.2, 0.25) is 0 Å². The van der Waals surface area contributed by atoms with Gasteiger partial charge in [-0.05, 0) is 24.8 Å². The van der Waals surface area contributed by atoms with E-state index in [1.165, 1.54) is 0 Å². The van der Waals surface area contributed by atoms with E-state index in [1.54, 1.807) is 0 Å². The van der Waals surface area contributed by atoms with Crippen molar-refractivity contribution >= 4 is 23.4 Å². The van der Waals surface area contributed by atoms with Gasteiger partial charge in [-0.25, -0.2) is 0 Å². The van der Waals surface area contributed by atoms with Gasteiger partial charge in [0.05, 0.1) is 6.42 Å². The van der Waals surface area contributed by atoms with E-state index in [0.717, 1.165) is 37.9 Å².